The van der Waals surface area contributed by atoms with Crippen LogP contribution in [0.3, 0.4) is 0 Å². The van der Waals surface area contributed by atoms with E-state index in [-0.39, 0.29) is 22.8 Å². The summed E-state index contributed by atoms with van der Waals surface area (Å²) >= 11 is 0. The number of ether oxygens (including phenoxy) is 1. The molecule has 2 N–H and O–H groups in total. The number of carbonyl (C=O) groups is 3. The van der Waals surface area contributed by atoms with Crippen molar-refractivity contribution >= 4 is 33.5 Å². The molecule has 9 nitrogen and oxygen atoms in total. The molecule has 0 aromatic heterocycles. The van der Waals surface area contributed by atoms with E-state index in [9.17, 15) is 22.8 Å². The first kappa shape index (κ1) is 23.6. The zero-order valence-corrected chi connectivity index (χ0v) is 17.5. The number of likely N-dealkylation sites (N-methyl/N-ethyl adjacent to an activating group) is 1. The van der Waals surface area contributed by atoms with Crippen LogP contribution in [0.25, 0.3) is 0 Å². The Bertz CT molecular complexity index is 805. The van der Waals surface area contributed by atoms with Crippen molar-refractivity contribution in [2.75, 3.05) is 25.5 Å². The van der Waals surface area contributed by atoms with E-state index >= 15 is 0 Å². The molecule has 0 heterocycles. The second-order valence-corrected chi connectivity index (χ2v) is 8.77. The number of carbonyl (C=O) groups excluding carboxylic acids is 3. The van der Waals surface area contributed by atoms with Gasteiger partial charge in [-0.2, -0.15) is 4.31 Å². The van der Waals surface area contributed by atoms with Crippen LogP contribution >= 0.6 is 0 Å². The smallest absolute Gasteiger partial charge is 0.321 e. The molecule has 2 amide bonds. The predicted molar refractivity (Wildman–Crippen MR) is 104 cm³/mol. The van der Waals surface area contributed by atoms with E-state index in [0.717, 1.165) is 4.31 Å². The Labute approximate surface area is 165 Å². The first-order valence-electron chi connectivity index (χ1n) is 8.72. The lowest BCUT2D eigenvalue weighted by atomic mass is 10.1. The van der Waals surface area contributed by atoms with Crippen molar-refractivity contribution in [2.45, 2.75) is 38.6 Å². The number of nitrogens with one attached hydrogen (secondary N) is 2. The predicted octanol–water partition coefficient (Wildman–Crippen LogP) is 0.969. The van der Waals surface area contributed by atoms with Gasteiger partial charge in [-0.25, -0.2) is 8.42 Å². The quantitative estimate of drug-likeness (QED) is 0.582. The summed E-state index contributed by atoms with van der Waals surface area (Å²) in [7, 11) is -2.69. The standard InChI is InChI=1S/C18H27N3O6S/c1-12(2)13(3)19-17(23)11-27-18(24)10-21(5)28(25,26)16-8-6-15(7-9-16)20-14(4)22/h6-9,12-13H,10-11H2,1-5H3,(H,19,23)(H,20,22)/t13-/m0/s1. The summed E-state index contributed by atoms with van der Waals surface area (Å²) in [6.45, 7) is 6.05. The van der Waals surface area contributed by atoms with Gasteiger partial charge in [0.15, 0.2) is 6.61 Å². The third kappa shape index (κ3) is 7.28. The maximum Gasteiger partial charge on any atom is 0.321 e. The molecule has 0 spiro atoms. The molecular formula is C18H27N3O6S. The fourth-order valence-corrected chi connectivity index (χ4v) is 3.13. The highest BCUT2D eigenvalue weighted by atomic mass is 32.2. The fourth-order valence-electron chi connectivity index (χ4n) is 2.01. The van der Waals surface area contributed by atoms with Crippen LogP contribution in [-0.4, -0.2) is 56.7 Å². The van der Waals surface area contributed by atoms with E-state index in [1.807, 2.05) is 20.8 Å². The second kappa shape index (κ2) is 10.2. The molecule has 156 valence electrons. The highest BCUT2D eigenvalue weighted by Crippen LogP contribution is 2.17. The number of nitrogens with zero attached hydrogens (tertiary/aromatic N) is 1. The summed E-state index contributed by atoms with van der Waals surface area (Å²) in [6, 6.07) is 5.46. The van der Waals surface area contributed by atoms with Gasteiger partial charge in [-0.3, -0.25) is 14.4 Å². The Balaban J connectivity index is 2.62. The lowest BCUT2D eigenvalue weighted by molar-refractivity contribution is -0.148. The third-order valence-corrected chi connectivity index (χ3v) is 5.81. The molecule has 0 fully saturated rings. The summed E-state index contributed by atoms with van der Waals surface area (Å²) in [4.78, 5) is 34.6. The number of amides is 2. The topological polar surface area (TPSA) is 122 Å². The van der Waals surface area contributed by atoms with E-state index < -0.39 is 35.1 Å². The molecule has 1 aromatic carbocycles. The van der Waals surface area contributed by atoms with Crippen molar-refractivity contribution in [3.63, 3.8) is 0 Å². The average molecular weight is 413 g/mol. The SMILES string of the molecule is CC(=O)Nc1ccc(S(=O)(=O)N(C)CC(=O)OCC(=O)N[C@@H](C)C(C)C)cc1. The first-order chi connectivity index (χ1) is 12.9. The molecule has 0 bridgehead atoms. The minimum atomic E-state index is -3.93. The van der Waals surface area contributed by atoms with E-state index in [2.05, 4.69) is 10.6 Å². The van der Waals surface area contributed by atoms with Crippen LogP contribution in [0.4, 0.5) is 5.69 Å². The highest BCUT2D eigenvalue weighted by molar-refractivity contribution is 7.89. The van der Waals surface area contributed by atoms with Gasteiger partial charge in [-0.1, -0.05) is 13.8 Å². The number of benzene rings is 1. The number of sulfonamides is 1. The zero-order valence-electron chi connectivity index (χ0n) is 16.7. The van der Waals surface area contributed by atoms with E-state index in [4.69, 9.17) is 4.74 Å². The zero-order chi connectivity index (χ0) is 21.5. The van der Waals surface area contributed by atoms with Gasteiger partial charge < -0.3 is 15.4 Å². The molecule has 0 radical (unpaired) electrons. The van der Waals surface area contributed by atoms with Crippen LogP contribution in [0.15, 0.2) is 29.2 Å². The molecule has 1 atom stereocenters. The summed E-state index contributed by atoms with van der Waals surface area (Å²) in [6.07, 6.45) is 0. The number of esters is 1. The van der Waals surface area contributed by atoms with E-state index in [0.29, 0.717) is 5.69 Å². The summed E-state index contributed by atoms with van der Waals surface area (Å²) in [5.41, 5.74) is 0.454. The lowest BCUT2D eigenvalue weighted by Crippen LogP contribution is -2.40. The molecule has 0 aliphatic carbocycles. The molecular weight excluding hydrogens is 386 g/mol. The molecule has 28 heavy (non-hydrogen) atoms. The summed E-state index contributed by atoms with van der Waals surface area (Å²) in [5, 5.41) is 5.22. The number of hydrogen-bond acceptors (Lipinski definition) is 6. The van der Waals surface area contributed by atoms with Crippen molar-refractivity contribution in [3.05, 3.63) is 24.3 Å². The summed E-state index contributed by atoms with van der Waals surface area (Å²) < 4.78 is 30.7. The first-order valence-corrected chi connectivity index (χ1v) is 10.2. The van der Waals surface area contributed by atoms with E-state index in [1.165, 1.54) is 38.2 Å². The van der Waals surface area contributed by atoms with Crippen LogP contribution < -0.4 is 10.6 Å². The maximum absolute atomic E-state index is 12.5. The Hall–Kier alpha value is -2.46. The molecule has 10 heteroatoms. The molecule has 0 aliphatic heterocycles. The molecule has 0 unspecified atom stereocenters. The van der Waals surface area contributed by atoms with Crippen LogP contribution in [0.2, 0.25) is 0 Å². The Morgan fingerprint density at radius 3 is 2.18 bits per heavy atom. The van der Waals surface area contributed by atoms with Gasteiger partial charge in [-0.05, 0) is 37.1 Å². The van der Waals surface area contributed by atoms with Gasteiger partial charge >= 0.3 is 5.97 Å². The number of anilines is 1. The Morgan fingerprint density at radius 2 is 1.68 bits per heavy atom. The minimum absolute atomic E-state index is 0.0413. The van der Waals surface area contributed by atoms with Gasteiger partial charge in [0.05, 0.1) is 4.90 Å². The Morgan fingerprint density at radius 1 is 1.11 bits per heavy atom. The second-order valence-electron chi connectivity index (χ2n) is 6.73. The molecule has 0 saturated heterocycles. The van der Waals surface area contributed by atoms with E-state index in [1.54, 1.807) is 0 Å². The molecule has 0 aliphatic rings. The number of hydrogen-bond donors (Lipinski definition) is 2. The van der Waals surface area contributed by atoms with Gasteiger partial charge in [0.2, 0.25) is 15.9 Å². The fraction of sp³-hybridized carbons (Fsp3) is 0.500. The van der Waals surface area contributed by atoms with Crippen molar-refractivity contribution in [1.82, 2.24) is 9.62 Å². The lowest BCUT2D eigenvalue weighted by Gasteiger charge is -2.18. The highest BCUT2D eigenvalue weighted by Gasteiger charge is 2.24. The average Bonchev–Trinajstić information content (AvgIpc) is 2.59. The molecule has 1 aromatic rings. The monoisotopic (exact) mass is 413 g/mol. The van der Waals surface area contributed by atoms with Gasteiger partial charge in [0.25, 0.3) is 5.91 Å². The van der Waals surface area contributed by atoms with Crippen molar-refractivity contribution in [3.8, 4) is 0 Å². The Kier molecular flexibility index (Phi) is 8.58. The van der Waals surface area contributed by atoms with Crippen molar-refractivity contribution < 1.29 is 27.5 Å². The van der Waals surface area contributed by atoms with Crippen LogP contribution in [-0.2, 0) is 29.1 Å². The minimum Gasteiger partial charge on any atom is -0.455 e. The van der Waals surface area contributed by atoms with Crippen molar-refractivity contribution in [2.24, 2.45) is 5.92 Å². The molecule has 0 saturated carbocycles. The maximum atomic E-state index is 12.5. The largest absolute Gasteiger partial charge is 0.455 e. The van der Waals surface area contributed by atoms with Crippen molar-refractivity contribution in [1.29, 1.82) is 0 Å². The number of rotatable bonds is 9. The van der Waals surface area contributed by atoms with Crippen LogP contribution in [0.1, 0.15) is 27.7 Å². The summed E-state index contributed by atoms with van der Waals surface area (Å²) in [5.74, 6) is -1.34. The normalized spacial score (nSPS) is 12.5. The molecule has 1 rings (SSSR count). The van der Waals surface area contributed by atoms with Gasteiger partial charge in [-0.15, -0.1) is 0 Å². The van der Waals surface area contributed by atoms with Crippen LogP contribution in [0.5, 0.6) is 0 Å². The van der Waals surface area contributed by atoms with Gasteiger partial charge in [0.1, 0.15) is 6.54 Å². The van der Waals surface area contributed by atoms with Crippen LogP contribution in [0, 0.1) is 5.92 Å². The van der Waals surface area contributed by atoms with Gasteiger partial charge in [0, 0.05) is 25.7 Å². The third-order valence-electron chi connectivity index (χ3n) is 3.99.